The van der Waals surface area contributed by atoms with Gasteiger partial charge in [0.25, 0.3) is 0 Å². The first-order chi connectivity index (χ1) is 13.8. The van der Waals surface area contributed by atoms with Crippen LogP contribution in [-0.4, -0.2) is 22.8 Å². The number of hydrogen-bond acceptors (Lipinski definition) is 6. The van der Waals surface area contributed by atoms with Gasteiger partial charge in [-0.1, -0.05) is 30.3 Å². The van der Waals surface area contributed by atoms with Crippen LogP contribution in [0.3, 0.4) is 0 Å². The SMILES string of the molecule is Fc1ccccc1NC1Nc2cnc(NCC3CC3)nc2N1c1ccccc1. The Morgan fingerprint density at radius 2 is 1.86 bits per heavy atom. The van der Waals surface area contributed by atoms with Gasteiger partial charge in [0, 0.05) is 12.2 Å². The Bertz CT molecular complexity index is 976. The highest BCUT2D eigenvalue weighted by Gasteiger charge is 2.32. The van der Waals surface area contributed by atoms with Gasteiger partial charge in [-0.15, -0.1) is 0 Å². The Hall–Kier alpha value is -3.35. The minimum atomic E-state index is -0.387. The van der Waals surface area contributed by atoms with E-state index in [1.807, 2.05) is 35.2 Å². The van der Waals surface area contributed by atoms with Gasteiger partial charge in [0.2, 0.25) is 5.95 Å². The molecule has 28 heavy (non-hydrogen) atoms. The fourth-order valence-electron chi connectivity index (χ4n) is 3.32. The molecule has 3 aromatic rings. The number of nitrogens with zero attached hydrogens (tertiary/aromatic N) is 3. The van der Waals surface area contributed by atoms with Crippen molar-refractivity contribution in [2.45, 2.75) is 19.1 Å². The number of fused-ring (bicyclic) bond motifs is 1. The molecule has 2 aromatic carbocycles. The van der Waals surface area contributed by atoms with E-state index < -0.39 is 0 Å². The van der Waals surface area contributed by atoms with E-state index in [9.17, 15) is 4.39 Å². The first kappa shape index (κ1) is 16.8. The lowest BCUT2D eigenvalue weighted by atomic mass is 10.3. The van der Waals surface area contributed by atoms with Gasteiger partial charge in [0.15, 0.2) is 12.1 Å². The Balaban J connectivity index is 1.48. The molecule has 1 atom stereocenters. The normalized spacial score (nSPS) is 17.8. The van der Waals surface area contributed by atoms with E-state index in [0.29, 0.717) is 11.6 Å². The van der Waals surface area contributed by atoms with Crippen molar-refractivity contribution >= 4 is 28.8 Å². The number of para-hydroxylation sites is 2. The van der Waals surface area contributed by atoms with Gasteiger partial charge < -0.3 is 16.0 Å². The molecule has 1 aliphatic heterocycles. The zero-order chi connectivity index (χ0) is 18.9. The molecule has 1 aromatic heterocycles. The Kier molecular flexibility index (Phi) is 4.20. The fourth-order valence-corrected chi connectivity index (χ4v) is 3.32. The summed E-state index contributed by atoms with van der Waals surface area (Å²) in [5.74, 6) is 1.80. The maximum Gasteiger partial charge on any atom is 0.224 e. The summed E-state index contributed by atoms with van der Waals surface area (Å²) >= 11 is 0. The number of aromatic nitrogens is 2. The van der Waals surface area contributed by atoms with Crippen molar-refractivity contribution in [3.8, 4) is 0 Å². The number of hydrogen-bond donors (Lipinski definition) is 3. The second-order valence-corrected chi connectivity index (χ2v) is 7.13. The number of anilines is 5. The molecule has 6 nitrogen and oxygen atoms in total. The molecule has 1 saturated carbocycles. The van der Waals surface area contributed by atoms with Crippen molar-refractivity contribution in [3.05, 3.63) is 66.6 Å². The van der Waals surface area contributed by atoms with Gasteiger partial charge in [-0.2, -0.15) is 4.98 Å². The standard InChI is InChI=1S/C21H21FN6/c22-16-8-4-5-9-17(16)25-21-26-18-13-24-20(23-12-14-10-11-14)27-19(18)28(21)15-6-2-1-3-7-15/h1-9,13-14,21,25-26H,10-12H2,(H,23,24,27). The lowest BCUT2D eigenvalue weighted by molar-refractivity contribution is 0.627. The molecular weight excluding hydrogens is 355 g/mol. The van der Waals surface area contributed by atoms with E-state index in [1.165, 1.54) is 18.9 Å². The van der Waals surface area contributed by atoms with Gasteiger partial charge in [-0.25, -0.2) is 9.37 Å². The van der Waals surface area contributed by atoms with E-state index in [4.69, 9.17) is 4.98 Å². The van der Waals surface area contributed by atoms with E-state index in [1.54, 1.807) is 24.4 Å². The lowest BCUT2D eigenvalue weighted by Gasteiger charge is -2.27. The van der Waals surface area contributed by atoms with Crippen LogP contribution < -0.4 is 20.9 Å². The second kappa shape index (κ2) is 6.99. The van der Waals surface area contributed by atoms with Gasteiger partial charge in [0.1, 0.15) is 5.82 Å². The predicted molar refractivity (Wildman–Crippen MR) is 109 cm³/mol. The molecule has 0 bridgehead atoms. The predicted octanol–water partition coefficient (Wildman–Crippen LogP) is 4.40. The third-order valence-electron chi connectivity index (χ3n) is 4.99. The van der Waals surface area contributed by atoms with Crippen LogP contribution in [0.5, 0.6) is 0 Å². The molecule has 1 fully saturated rings. The molecule has 142 valence electrons. The summed E-state index contributed by atoms with van der Waals surface area (Å²) in [6, 6.07) is 16.6. The molecule has 1 unspecified atom stereocenters. The average molecular weight is 376 g/mol. The topological polar surface area (TPSA) is 65.1 Å². The Labute approximate surface area is 162 Å². The average Bonchev–Trinajstić information content (AvgIpc) is 3.49. The summed E-state index contributed by atoms with van der Waals surface area (Å²) in [4.78, 5) is 11.2. The van der Waals surface area contributed by atoms with Crippen LogP contribution in [0.15, 0.2) is 60.8 Å². The van der Waals surface area contributed by atoms with E-state index in [-0.39, 0.29) is 12.1 Å². The number of rotatable bonds is 6. The molecule has 5 rings (SSSR count). The van der Waals surface area contributed by atoms with Crippen molar-refractivity contribution in [2.75, 3.05) is 27.4 Å². The first-order valence-corrected chi connectivity index (χ1v) is 9.51. The van der Waals surface area contributed by atoms with Crippen molar-refractivity contribution in [1.29, 1.82) is 0 Å². The van der Waals surface area contributed by atoms with E-state index >= 15 is 0 Å². The number of benzene rings is 2. The molecule has 2 aliphatic rings. The van der Waals surface area contributed by atoms with Gasteiger partial charge >= 0.3 is 0 Å². The monoisotopic (exact) mass is 376 g/mol. The molecule has 2 heterocycles. The molecule has 7 heteroatoms. The highest BCUT2D eigenvalue weighted by molar-refractivity contribution is 5.80. The van der Waals surface area contributed by atoms with Crippen LogP contribution >= 0.6 is 0 Å². The van der Waals surface area contributed by atoms with Crippen molar-refractivity contribution in [1.82, 2.24) is 9.97 Å². The summed E-state index contributed by atoms with van der Waals surface area (Å²) in [6.07, 6.45) is 3.92. The van der Waals surface area contributed by atoms with Gasteiger partial charge in [-0.3, -0.25) is 4.90 Å². The van der Waals surface area contributed by atoms with Crippen LogP contribution in [0.1, 0.15) is 12.8 Å². The maximum atomic E-state index is 14.2. The Morgan fingerprint density at radius 3 is 2.64 bits per heavy atom. The van der Waals surface area contributed by atoms with Crippen molar-refractivity contribution in [2.24, 2.45) is 5.92 Å². The first-order valence-electron chi connectivity index (χ1n) is 9.51. The third-order valence-corrected chi connectivity index (χ3v) is 4.99. The Morgan fingerprint density at radius 1 is 1.07 bits per heavy atom. The van der Waals surface area contributed by atoms with E-state index in [2.05, 4.69) is 20.9 Å². The highest BCUT2D eigenvalue weighted by atomic mass is 19.1. The van der Waals surface area contributed by atoms with E-state index in [0.717, 1.165) is 29.7 Å². The van der Waals surface area contributed by atoms with Crippen LogP contribution in [0, 0.1) is 11.7 Å². The van der Waals surface area contributed by atoms with Crippen LogP contribution in [0.25, 0.3) is 0 Å². The van der Waals surface area contributed by atoms with Gasteiger partial charge in [0.05, 0.1) is 17.6 Å². The molecule has 0 spiro atoms. The smallest absolute Gasteiger partial charge is 0.224 e. The third kappa shape index (κ3) is 3.31. The van der Waals surface area contributed by atoms with Gasteiger partial charge in [-0.05, 0) is 43.0 Å². The molecule has 3 N–H and O–H groups in total. The zero-order valence-corrected chi connectivity index (χ0v) is 15.3. The summed E-state index contributed by atoms with van der Waals surface area (Å²) in [5.41, 5.74) is 2.18. The van der Waals surface area contributed by atoms with Crippen LogP contribution in [0.4, 0.5) is 33.2 Å². The summed E-state index contributed by atoms with van der Waals surface area (Å²) in [7, 11) is 0. The fraction of sp³-hybridized carbons (Fsp3) is 0.238. The van der Waals surface area contributed by atoms with Crippen LogP contribution in [0.2, 0.25) is 0 Å². The quantitative estimate of drug-likeness (QED) is 0.593. The molecule has 0 saturated heterocycles. The largest absolute Gasteiger partial charge is 0.354 e. The van der Waals surface area contributed by atoms with Crippen LogP contribution in [-0.2, 0) is 0 Å². The molecule has 1 aliphatic carbocycles. The second-order valence-electron chi connectivity index (χ2n) is 7.13. The van der Waals surface area contributed by atoms with Crippen molar-refractivity contribution in [3.63, 3.8) is 0 Å². The minimum absolute atomic E-state index is 0.300. The summed E-state index contributed by atoms with van der Waals surface area (Å²) in [6.45, 7) is 0.897. The highest BCUT2D eigenvalue weighted by Crippen LogP contribution is 2.39. The van der Waals surface area contributed by atoms with Crippen molar-refractivity contribution < 1.29 is 4.39 Å². The number of halogens is 1. The number of nitrogens with one attached hydrogen (secondary N) is 3. The maximum absolute atomic E-state index is 14.2. The zero-order valence-electron chi connectivity index (χ0n) is 15.3. The minimum Gasteiger partial charge on any atom is -0.354 e. The summed E-state index contributed by atoms with van der Waals surface area (Å²) < 4.78 is 14.2. The molecule has 0 amide bonds. The lowest BCUT2D eigenvalue weighted by Crippen LogP contribution is -2.39. The molecule has 0 radical (unpaired) electrons. The molecular formula is C21H21FN6. The summed E-state index contributed by atoms with van der Waals surface area (Å²) in [5, 5.41) is 9.92.